The predicted molar refractivity (Wildman–Crippen MR) is 67.1 cm³/mol. The summed E-state index contributed by atoms with van der Waals surface area (Å²) in [6.07, 6.45) is 16.5. The fourth-order valence-electron chi connectivity index (χ4n) is 1.47. The topological polar surface area (TPSA) is 0 Å². The van der Waals surface area contributed by atoms with Gasteiger partial charge in [-0.2, -0.15) is 0 Å². The van der Waals surface area contributed by atoms with Crippen LogP contribution in [0.1, 0.15) is 64.7 Å². The molecule has 0 unspecified atom stereocenters. The smallest absolute Gasteiger partial charge is 0.0223 e. The zero-order chi connectivity index (χ0) is 10.5. The third kappa shape index (κ3) is 12.0. The lowest BCUT2D eigenvalue weighted by molar-refractivity contribution is 0.612. The number of hydrogen-bond acceptors (Lipinski definition) is 0. The Labute approximate surface area is 94.7 Å². The minimum atomic E-state index is 0.833. The van der Waals surface area contributed by atoms with Gasteiger partial charge < -0.3 is 0 Å². The number of halogens is 1. The van der Waals surface area contributed by atoms with Crippen molar-refractivity contribution in [2.45, 2.75) is 64.7 Å². The van der Waals surface area contributed by atoms with Gasteiger partial charge in [0.2, 0.25) is 0 Å². The molecule has 14 heavy (non-hydrogen) atoms. The van der Waals surface area contributed by atoms with Gasteiger partial charge in [-0.3, -0.25) is 0 Å². The van der Waals surface area contributed by atoms with Crippen LogP contribution >= 0.6 is 11.6 Å². The van der Waals surface area contributed by atoms with Crippen molar-refractivity contribution in [2.24, 2.45) is 0 Å². The highest BCUT2D eigenvalue weighted by Gasteiger charge is 1.89. The molecule has 0 radical (unpaired) electrons. The van der Waals surface area contributed by atoms with Gasteiger partial charge in [0.05, 0.1) is 0 Å². The second-order valence-electron chi connectivity index (χ2n) is 3.86. The van der Waals surface area contributed by atoms with Gasteiger partial charge in [0, 0.05) is 5.88 Å². The van der Waals surface area contributed by atoms with Crippen molar-refractivity contribution in [1.82, 2.24) is 0 Å². The maximum Gasteiger partial charge on any atom is 0.0223 e. The predicted octanol–water partition coefficient (Wildman–Crippen LogP) is 5.31. The lowest BCUT2D eigenvalue weighted by Gasteiger charge is -1.98. The summed E-state index contributed by atoms with van der Waals surface area (Å²) in [6, 6.07) is 0. The van der Waals surface area contributed by atoms with Gasteiger partial charge >= 0.3 is 0 Å². The lowest BCUT2D eigenvalue weighted by atomic mass is 10.1. The molecule has 0 spiro atoms. The van der Waals surface area contributed by atoms with E-state index in [1.54, 1.807) is 0 Å². The monoisotopic (exact) mass is 216 g/mol. The van der Waals surface area contributed by atoms with E-state index in [2.05, 4.69) is 19.1 Å². The molecule has 1 heteroatoms. The van der Waals surface area contributed by atoms with Crippen LogP contribution in [-0.4, -0.2) is 5.88 Å². The van der Waals surface area contributed by atoms with Gasteiger partial charge in [-0.1, -0.05) is 51.2 Å². The molecule has 0 aromatic heterocycles. The molecule has 0 atom stereocenters. The molecule has 0 saturated carbocycles. The van der Waals surface area contributed by atoms with E-state index in [-0.39, 0.29) is 0 Å². The second kappa shape index (κ2) is 13.0. The van der Waals surface area contributed by atoms with E-state index in [4.69, 9.17) is 11.6 Å². The van der Waals surface area contributed by atoms with E-state index in [9.17, 15) is 0 Å². The van der Waals surface area contributed by atoms with E-state index in [0.29, 0.717) is 0 Å². The SMILES string of the molecule is CCC/C=C/CCCCCCCCCl. The molecule has 0 aliphatic heterocycles. The van der Waals surface area contributed by atoms with Crippen LogP contribution in [0.3, 0.4) is 0 Å². The maximum atomic E-state index is 5.60. The summed E-state index contributed by atoms with van der Waals surface area (Å²) in [7, 11) is 0. The Kier molecular flexibility index (Phi) is 13.1. The number of unbranched alkanes of at least 4 members (excludes halogenated alkanes) is 7. The van der Waals surface area contributed by atoms with E-state index in [0.717, 1.165) is 5.88 Å². The first-order chi connectivity index (χ1) is 6.91. The fraction of sp³-hybridized carbons (Fsp3) is 0.846. The molecule has 0 bridgehead atoms. The average molecular weight is 217 g/mol. The fourth-order valence-corrected chi connectivity index (χ4v) is 1.66. The van der Waals surface area contributed by atoms with Crippen LogP contribution in [0, 0.1) is 0 Å². The molecule has 0 aliphatic rings. The van der Waals surface area contributed by atoms with Gasteiger partial charge in [0.15, 0.2) is 0 Å². The molecular weight excluding hydrogens is 192 g/mol. The highest BCUT2D eigenvalue weighted by molar-refractivity contribution is 6.17. The Morgan fingerprint density at radius 3 is 2.00 bits per heavy atom. The Morgan fingerprint density at radius 2 is 1.36 bits per heavy atom. The number of allylic oxidation sites excluding steroid dienone is 2. The van der Waals surface area contributed by atoms with E-state index in [1.807, 2.05) is 0 Å². The Balaban J connectivity index is 2.91. The first-order valence-electron chi connectivity index (χ1n) is 6.12. The average Bonchev–Trinajstić information content (AvgIpc) is 2.21. The first-order valence-corrected chi connectivity index (χ1v) is 6.66. The third-order valence-electron chi connectivity index (χ3n) is 2.38. The Bertz CT molecular complexity index is 118. The molecule has 0 aromatic rings. The zero-order valence-electron chi connectivity index (χ0n) is 9.60. The summed E-state index contributed by atoms with van der Waals surface area (Å²) >= 11 is 5.60. The molecule has 0 N–H and O–H groups in total. The molecule has 0 amide bonds. The van der Waals surface area contributed by atoms with Crippen LogP contribution < -0.4 is 0 Å². The van der Waals surface area contributed by atoms with E-state index in [1.165, 1.54) is 57.8 Å². The van der Waals surface area contributed by atoms with Crippen molar-refractivity contribution in [3.63, 3.8) is 0 Å². The van der Waals surface area contributed by atoms with Crippen LogP contribution in [0.5, 0.6) is 0 Å². The molecule has 0 nitrogen and oxygen atoms in total. The van der Waals surface area contributed by atoms with Crippen molar-refractivity contribution in [3.8, 4) is 0 Å². The van der Waals surface area contributed by atoms with Crippen molar-refractivity contribution >= 4 is 11.6 Å². The summed E-state index contributed by atoms with van der Waals surface area (Å²) in [5.74, 6) is 0.833. The summed E-state index contributed by atoms with van der Waals surface area (Å²) < 4.78 is 0. The molecule has 0 rings (SSSR count). The zero-order valence-corrected chi connectivity index (χ0v) is 10.4. The minimum absolute atomic E-state index is 0.833. The maximum absolute atomic E-state index is 5.60. The molecule has 0 heterocycles. The highest BCUT2D eigenvalue weighted by Crippen LogP contribution is 2.08. The number of hydrogen-bond donors (Lipinski definition) is 0. The van der Waals surface area contributed by atoms with Crippen LogP contribution in [0.4, 0.5) is 0 Å². The molecule has 84 valence electrons. The second-order valence-corrected chi connectivity index (χ2v) is 4.24. The van der Waals surface area contributed by atoms with E-state index >= 15 is 0 Å². The van der Waals surface area contributed by atoms with Gasteiger partial charge in [-0.05, 0) is 25.7 Å². The standard InChI is InChI=1S/C13H25Cl/c1-2-3-4-5-6-7-8-9-10-11-12-13-14/h4-5H,2-3,6-13H2,1H3/b5-4+. The molecule has 0 aromatic carbocycles. The first kappa shape index (κ1) is 14.0. The normalized spacial score (nSPS) is 11.3. The van der Waals surface area contributed by atoms with Crippen LogP contribution in [-0.2, 0) is 0 Å². The summed E-state index contributed by atoms with van der Waals surface area (Å²) in [4.78, 5) is 0. The Morgan fingerprint density at radius 1 is 0.786 bits per heavy atom. The van der Waals surface area contributed by atoms with Crippen LogP contribution in [0.2, 0.25) is 0 Å². The lowest BCUT2D eigenvalue weighted by Crippen LogP contribution is -1.80. The van der Waals surface area contributed by atoms with Gasteiger partial charge in [-0.15, -0.1) is 11.6 Å². The van der Waals surface area contributed by atoms with Crippen molar-refractivity contribution in [1.29, 1.82) is 0 Å². The minimum Gasteiger partial charge on any atom is -0.127 e. The van der Waals surface area contributed by atoms with Gasteiger partial charge in [0.1, 0.15) is 0 Å². The molecule has 0 saturated heterocycles. The number of alkyl halides is 1. The van der Waals surface area contributed by atoms with E-state index < -0.39 is 0 Å². The summed E-state index contributed by atoms with van der Waals surface area (Å²) in [5.41, 5.74) is 0. The third-order valence-corrected chi connectivity index (χ3v) is 2.64. The Hall–Kier alpha value is 0.0300. The summed E-state index contributed by atoms with van der Waals surface area (Å²) in [6.45, 7) is 2.22. The quantitative estimate of drug-likeness (QED) is 0.264. The number of rotatable bonds is 10. The molecular formula is C13H25Cl. The molecule has 0 fully saturated rings. The largest absolute Gasteiger partial charge is 0.127 e. The highest BCUT2D eigenvalue weighted by atomic mass is 35.5. The van der Waals surface area contributed by atoms with Crippen LogP contribution in [0.25, 0.3) is 0 Å². The molecule has 0 aliphatic carbocycles. The van der Waals surface area contributed by atoms with Gasteiger partial charge in [-0.25, -0.2) is 0 Å². The van der Waals surface area contributed by atoms with Crippen LogP contribution in [0.15, 0.2) is 12.2 Å². The van der Waals surface area contributed by atoms with Crippen molar-refractivity contribution in [2.75, 3.05) is 5.88 Å². The van der Waals surface area contributed by atoms with Crippen molar-refractivity contribution in [3.05, 3.63) is 12.2 Å². The summed E-state index contributed by atoms with van der Waals surface area (Å²) in [5, 5.41) is 0. The van der Waals surface area contributed by atoms with Crippen molar-refractivity contribution < 1.29 is 0 Å². The van der Waals surface area contributed by atoms with Gasteiger partial charge in [0.25, 0.3) is 0 Å².